The molecule has 0 aliphatic carbocycles. The second-order valence-electron chi connectivity index (χ2n) is 2.29. The molecule has 0 radical (unpaired) electrons. The molecule has 0 spiro atoms. The first-order chi connectivity index (χ1) is 6.71. The third kappa shape index (κ3) is 13.7. The Balaban J connectivity index is 0.000000280. The molecule has 1 aliphatic rings. The lowest BCUT2D eigenvalue weighted by molar-refractivity contribution is 0.109. The van der Waals surface area contributed by atoms with Crippen molar-refractivity contribution in [2.24, 2.45) is 0 Å². The zero-order valence-corrected chi connectivity index (χ0v) is 9.12. The molecule has 0 bridgehead atoms. The first-order valence-electron chi connectivity index (χ1n) is 3.65. The molecule has 1 fully saturated rings. The summed E-state index contributed by atoms with van der Waals surface area (Å²) in [5.41, 5.74) is 0. The van der Waals surface area contributed by atoms with Crippen LogP contribution in [0, 0.1) is 0 Å². The van der Waals surface area contributed by atoms with Crippen molar-refractivity contribution in [1.82, 2.24) is 5.32 Å². The molecule has 0 unspecified atom stereocenters. The van der Waals surface area contributed by atoms with Crippen molar-refractivity contribution >= 4 is 20.8 Å². The topological polar surface area (TPSA) is 139 Å². The standard InChI is InChI=1S/C4H9NO.H2O7S2/c1-3-6-4-2-5-1;1-8(2,3)7-9(4,5)6/h5H,1-4H2;(H,1,2,3)(H,4,5,6). The van der Waals surface area contributed by atoms with Crippen LogP contribution in [-0.4, -0.2) is 52.2 Å². The van der Waals surface area contributed by atoms with Gasteiger partial charge in [0.05, 0.1) is 13.2 Å². The number of morpholine rings is 1. The Bertz CT molecular complexity index is 313. The van der Waals surface area contributed by atoms with E-state index in [9.17, 15) is 16.8 Å². The Morgan fingerprint density at radius 3 is 1.47 bits per heavy atom. The molecule has 0 aromatic rings. The summed E-state index contributed by atoms with van der Waals surface area (Å²) in [7, 11) is -10.2. The van der Waals surface area contributed by atoms with Crippen molar-refractivity contribution in [2.75, 3.05) is 26.3 Å². The summed E-state index contributed by atoms with van der Waals surface area (Å²) in [6.07, 6.45) is 0. The third-order valence-corrected chi connectivity index (χ3v) is 2.39. The van der Waals surface area contributed by atoms with Gasteiger partial charge < -0.3 is 10.1 Å². The molecule has 3 N–H and O–H groups in total. The van der Waals surface area contributed by atoms with E-state index in [0.717, 1.165) is 26.3 Å². The van der Waals surface area contributed by atoms with Crippen LogP contribution in [0.1, 0.15) is 0 Å². The van der Waals surface area contributed by atoms with Crippen LogP contribution in [0.2, 0.25) is 0 Å². The van der Waals surface area contributed by atoms with Gasteiger partial charge in [-0.2, -0.15) is 16.8 Å². The number of nitrogens with one attached hydrogen (secondary N) is 1. The van der Waals surface area contributed by atoms with Crippen LogP contribution in [0.5, 0.6) is 0 Å². The lowest BCUT2D eigenvalue weighted by Gasteiger charge is -2.10. The van der Waals surface area contributed by atoms with Crippen LogP contribution in [0.25, 0.3) is 0 Å². The van der Waals surface area contributed by atoms with Crippen LogP contribution >= 0.6 is 0 Å². The van der Waals surface area contributed by atoms with E-state index in [0.29, 0.717) is 0 Å². The lowest BCUT2D eigenvalue weighted by Crippen LogP contribution is -2.30. The highest BCUT2D eigenvalue weighted by atomic mass is 32.3. The molecule has 0 saturated carbocycles. The molecular weight excluding hydrogens is 254 g/mol. The highest BCUT2D eigenvalue weighted by Crippen LogP contribution is 1.91. The van der Waals surface area contributed by atoms with Crippen LogP contribution in [0.4, 0.5) is 0 Å². The van der Waals surface area contributed by atoms with E-state index in [2.05, 4.69) is 8.95 Å². The zero-order chi connectivity index (χ0) is 11.9. The molecule has 9 nitrogen and oxygen atoms in total. The summed E-state index contributed by atoms with van der Waals surface area (Å²) in [6.45, 7) is 3.83. The van der Waals surface area contributed by atoms with Crippen molar-refractivity contribution in [1.29, 1.82) is 0 Å². The normalized spacial score (nSPS) is 17.7. The molecule has 15 heavy (non-hydrogen) atoms. The smallest absolute Gasteiger partial charge is 0.379 e. The first-order valence-corrected chi connectivity index (χ1v) is 6.38. The fourth-order valence-corrected chi connectivity index (χ4v) is 1.49. The average Bonchev–Trinajstić information content (AvgIpc) is 2.01. The van der Waals surface area contributed by atoms with E-state index in [1.54, 1.807) is 0 Å². The Morgan fingerprint density at radius 1 is 1.00 bits per heavy atom. The summed E-state index contributed by atoms with van der Waals surface area (Å²) in [5, 5.41) is 3.16. The molecule has 1 heterocycles. The minimum Gasteiger partial charge on any atom is -0.379 e. The number of hydrogen-bond acceptors (Lipinski definition) is 7. The lowest BCUT2D eigenvalue weighted by atomic mass is 10.5. The first kappa shape index (κ1) is 14.7. The second-order valence-corrected chi connectivity index (χ2v) is 4.54. The summed E-state index contributed by atoms with van der Waals surface area (Å²) in [6, 6.07) is 0. The van der Waals surface area contributed by atoms with Gasteiger partial charge in [-0.05, 0) is 0 Å². The fourth-order valence-electron chi connectivity index (χ4n) is 0.624. The van der Waals surface area contributed by atoms with E-state index in [1.165, 1.54) is 0 Å². The maximum atomic E-state index is 9.44. The van der Waals surface area contributed by atoms with E-state index < -0.39 is 20.8 Å². The Morgan fingerprint density at radius 2 is 1.40 bits per heavy atom. The average molecular weight is 265 g/mol. The third-order valence-electron chi connectivity index (χ3n) is 1.02. The summed E-state index contributed by atoms with van der Waals surface area (Å²) in [4.78, 5) is 0. The van der Waals surface area contributed by atoms with Crippen molar-refractivity contribution in [3.8, 4) is 0 Å². The molecule has 0 atom stereocenters. The molecule has 92 valence electrons. The van der Waals surface area contributed by atoms with E-state index in [1.807, 2.05) is 0 Å². The van der Waals surface area contributed by atoms with Crippen molar-refractivity contribution in [2.45, 2.75) is 0 Å². The Labute approximate surface area is 87.3 Å². The molecule has 1 saturated heterocycles. The fraction of sp³-hybridized carbons (Fsp3) is 1.00. The number of rotatable bonds is 2. The van der Waals surface area contributed by atoms with Gasteiger partial charge in [-0.15, -0.1) is 3.63 Å². The quantitative estimate of drug-likeness (QED) is 0.494. The van der Waals surface area contributed by atoms with Crippen LogP contribution in [0.3, 0.4) is 0 Å². The van der Waals surface area contributed by atoms with Crippen LogP contribution in [-0.2, 0) is 29.2 Å². The summed E-state index contributed by atoms with van der Waals surface area (Å²) < 4.78 is 60.6. The van der Waals surface area contributed by atoms with Crippen molar-refractivity contribution in [3.63, 3.8) is 0 Å². The Kier molecular flexibility index (Phi) is 6.19. The molecule has 0 aromatic carbocycles. The van der Waals surface area contributed by atoms with Gasteiger partial charge in [0.15, 0.2) is 0 Å². The maximum absolute atomic E-state index is 9.44. The van der Waals surface area contributed by atoms with Gasteiger partial charge in [0.2, 0.25) is 0 Å². The van der Waals surface area contributed by atoms with Gasteiger partial charge in [-0.3, -0.25) is 9.11 Å². The number of hydrogen-bond donors (Lipinski definition) is 3. The molecule has 1 aliphatic heterocycles. The zero-order valence-electron chi connectivity index (χ0n) is 7.49. The minimum atomic E-state index is -5.12. The maximum Gasteiger partial charge on any atom is 0.413 e. The van der Waals surface area contributed by atoms with Crippen LogP contribution < -0.4 is 5.32 Å². The largest absolute Gasteiger partial charge is 0.413 e. The predicted molar refractivity (Wildman–Crippen MR) is 47.9 cm³/mol. The molecule has 0 amide bonds. The minimum absolute atomic E-state index is 0.889. The molecule has 1 rings (SSSR count). The SMILES string of the molecule is C1COCCN1.O=S(=O)(O)OS(=O)(=O)O. The van der Waals surface area contributed by atoms with Gasteiger partial charge in [0.25, 0.3) is 0 Å². The summed E-state index contributed by atoms with van der Waals surface area (Å²) in [5.74, 6) is 0. The molecule has 11 heteroatoms. The van der Waals surface area contributed by atoms with E-state index in [4.69, 9.17) is 13.8 Å². The van der Waals surface area contributed by atoms with Crippen molar-refractivity contribution < 1.29 is 34.3 Å². The monoisotopic (exact) mass is 265 g/mol. The van der Waals surface area contributed by atoms with E-state index in [-0.39, 0.29) is 0 Å². The Hall–Kier alpha value is -0.300. The molecule has 0 aromatic heterocycles. The van der Waals surface area contributed by atoms with Crippen LogP contribution in [0.15, 0.2) is 0 Å². The second kappa shape index (κ2) is 6.32. The van der Waals surface area contributed by atoms with Gasteiger partial charge in [0.1, 0.15) is 0 Å². The highest BCUT2D eigenvalue weighted by Gasteiger charge is 2.15. The number of ether oxygens (including phenoxy) is 1. The highest BCUT2D eigenvalue weighted by molar-refractivity contribution is 7.94. The molecular formula is C4H11NO8S2. The van der Waals surface area contributed by atoms with Gasteiger partial charge in [0, 0.05) is 13.1 Å². The van der Waals surface area contributed by atoms with Crippen molar-refractivity contribution in [3.05, 3.63) is 0 Å². The van der Waals surface area contributed by atoms with Gasteiger partial charge >= 0.3 is 20.8 Å². The van der Waals surface area contributed by atoms with Gasteiger partial charge in [-0.1, -0.05) is 0 Å². The summed E-state index contributed by atoms with van der Waals surface area (Å²) >= 11 is 0. The predicted octanol–water partition coefficient (Wildman–Crippen LogP) is -1.79. The van der Waals surface area contributed by atoms with E-state index >= 15 is 0 Å². The van der Waals surface area contributed by atoms with Gasteiger partial charge in [-0.25, -0.2) is 0 Å².